The molecule has 5 saturated heterocycles. The fraction of sp³-hybridized carbons (Fsp3) is 0.598. The number of pyridine rings is 3. The summed E-state index contributed by atoms with van der Waals surface area (Å²) in [5.74, 6) is 2.47. The van der Waals surface area contributed by atoms with Gasteiger partial charge in [0.2, 0.25) is 5.95 Å². The molecule has 0 saturated carbocycles. The molecule has 15 heterocycles. The van der Waals surface area contributed by atoms with Crippen LogP contribution in [-0.4, -0.2) is 374 Å². The van der Waals surface area contributed by atoms with Crippen LogP contribution in [0, 0.1) is 6.92 Å². The van der Waals surface area contributed by atoms with Gasteiger partial charge in [-0.25, -0.2) is 59.8 Å². The standard InChI is InChI=1S/C20H33N4O3PS.C16H26N5O3P.C16H25N4O3P.2C15H24N5O3P/c1-5-6-7-12-29-20-23-15-13(21)8-10-22-18(15)24(20)19-17(26)16(25)14(27-19)9-11-28(2,3)4;1-5-17-14-11-15(19-8-18-14)21(9-20-11)16-13(23)12(22)10(24-16)6-7-25(2,3)4;1-17-10-5-7-18-15-12(10)19-9-20(15)16-14(22)13(21)11(23-16)6-8-24(2,3)4;1-8-18-13(16)10-14(19-8)20(7-17-10)15-12(22)11(21)9(23-15)5-6-24(2,3)4;1-24(2,3)7-5-9-11(21)12(22)14(23-9)20-13-10(19-15(20)17)8(16)4-6-18-13/h8,10,14,16-17,19,25-26H,2,5-7,9,11-12H2,1,3-4H3,(H2,21,22);8-10,12-13,16,22-23H,2,5-7H2,1,3-4H3,(H,17,18,19);5,7,9,11,13-14,16,21-22H,2,6,8H2,1,3-4H3,(H,17,18);7,9,11-12,15,21-22H,2,5-6H2,1,3-4H3,(H2,16,18,19);4,6,9,11-12,14,21-22H,1,5,7H2,2-3H3,(H2,16,18)(H2,17,19)/t14-,16-,17-,19?;10-,12-,13-,16?;11-,13-,14-,16?;9-,11-,12-,15?;9-,11-,12-,14?/m11111/s1. The molecule has 696 valence electrons. The Kier molecular flexibility index (Phi) is 32.9. The minimum Gasteiger partial charge on any atom is -0.397 e. The topological polar surface area (TPSA) is 556 Å². The Morgan fingerprint density at radius 1 is 0.413 bits per heavy atom. The van der Waals surface area contributed by atoms with Gasteiger partial charge in [0.1, 0.15) is 95.3 Å². The molecule has 15 rings (SSSR count). The van der Waals surface area contributed by atoms with Gasteiger partial charge in [-0.05, 0) is 168 Å². The first-order valence-corrected chi connectivity index (χ1v) is 58.4. The third-order valence-corrected chi connectivity index (χ3v) is 30.7. The van der Waals surface area contributed by atoms with E-state index in [1.165, 1.54) is 17.2 Å². The lowest BCUT2D eigenvalue weighted by Gasteiger charge is -2.20. The zero-order valence-electron chi connectivity index (χ0n) is 74.5. The highest BCUT2D eigenvalue weighted by molar-refractivity contribution is 7.99. The van der Waals surface area contributed by atoms with Crippen LogP contribution in [0.3, 0.4) is 0 Å². The smallest absolute Gasteiger partial charge is 0.204 e. The van der Waals surface area contributed by atoms with Crippen molar-refractivity contribution in [2.75, 3.05) is 150 Å². The number of fused-ring (bicyclic) bond motifs is 5. The average molecular weight is 1870 g/mol. The van der Waals surface area contributed by atoms with E-state index < -0.39 is 157 Å². The second kappa shape index (κ2) is 41.6. The predicted molar refractivity (Wildman–Crippen MR) is 516 cm³/mol. The molecule has 0 aromatic carbocycles. The highest BCUT2D eigenvalue weighted by Crippen LogP contribution is 2.47. The quantitative estimate of drug-likeness (QED) is 0.0153. The first kappa shape index (κ1) is 99.6. The van der Waals surface area contributed by atoms with Crippen molar-refractivity contribution in [1.29, 1.82) is 0 Å². The SMILES string of the molecule is C=P(C)(C)CC[C@H]1OC(n2c(N)nc3c(N)ccnc32)[C@H](O)[C@@H]1O.C=P(C)(C)CC[C@H]1OC(n2c(SCCCCC)nc3c(N)ccnc32)[C@H](O)[C@@H]1O.C=P(C)(C)CC[C@H]1OC(n2cnc3c(N)nc(C)nc32)[C@H](O)[C@@H]1O.C=P(C)(C)CC[C@H]1OC(n2cnc3c(NC)ccnc32)[C@H](O)[C@@H]1O.C=P(C)(C)CC[C@H]1OC(n2cnc3c(NCC)ncnc32)[C@H](O)[C@@H]1O. The van der Waals surface area contributed by atoms with Crippen LogP contribution in [0.5, 0.6) is 0 Å². The van der Waals surface area contributed by atoms with Crippen molar-refractivity contribution in [3.63, 3.8) is 0 Å². The van der Waals surface area contributed by atoms with E-state index in [4.69, 9.17) is 46.6 Å². The minimum atomic E-state index is -1.25. The van der Waals surface area contributed by atoms with Crippen molar-refractivity contribution in [2.45, 2.75) is 200 Å². The number of aromatic nitrogens is 17. The van der Waals surface area contributed by atoms with Gasteiger partial charge in [-0.15, -0.1) is 65.9 Å². The van der Waals surface area contributed by atoms with E-state index in [1.54, 1.807) is 80.3 Å². The maximum Gasteiger partial charge on any atom is 0.204 e. The molecule has 10 aromatic heterocycles. The third-order valence-electron chi connectivity index (χ3n) is 22.3. The average Bonchev–Trinajstić information content (AvgIpc) is 1.61. The molecule has 20 atom stereocenters. The van der Waals surface area contributed by atoms with E-state index in [2.05, 4.69) is 176 Å². The number of nitrogens with zero attached hydrogens (tertiary/aromatic N) is 17. The predicted octanol–water partition coefficient (Wildman–Crippen LogP) is 5.93. The normalized spacial score (nSPS) is 27.0. The molecule has 5 aliphatic heterocycles. The van der Waals surface area contributed by atoms with Crippen LogP contribution in [0.2, 0.25) is 0 Å². The zero-order chi connectivity index (χ0) is 92.1. The van der Waals surface area contributed by atoms with Crippen LogP contribution in [-0.2, 0) is 23.7 Å². The third kappa shape index (κ3) is 23.8. The van der Waals surface area contributed by atoms with Gasteiger partial charge >= 0.3 is 0 Å². The summed E-state index contributed by atoms with van der Waals surface area (Å²) in [6, 6.07) is 5.18. The molecule has 5 unspecified atom stereocenters. The number of nitrogen functional groups attached to an aromatic ring is 4. The number of aliphatic hydroxyl groups excluding tert-OH is 10. The molecule has 38 nitrogen and oxygen atoms in total. The number of nitrogens with one attached hydrogen (secondary N) is 2. The highest BCUT2D eigenvalue weighted by atomic mass is 32.2. The maximum atomic E-state index is 10.8. The fourth-order valence-electron chi connectivity index (χ4n) is 15.3. The molecule has 5 fully saturated rings. The van der Waals surface area contributed by atoms with Crippen molar-refractivity contribution in [3.05, 3.63) is 67.9 Å². The zero-order valence-corrected chi connectivity index (χ0v) is 79.8. The molecule has 0 bridgehead atoms. The summed E-state index contributed by atoms with van der Waals surface area (Å²) in [5.41, 5.74) is 31.2. The van der Waals surface area contributed by atoms with E-state index >= 15 is 0 Å². The molecule has 5 aliphatic rings. The lowest BCUT2D eigenvalue weighted by molar-refractivity contribution is -0.0400. The fourth-order valence-corrected chi connectivity index (χ4v) is 21.1. The van der Waals surface area contributed by atoms with Gasteiger partial charge in [-0.3, -0.25) is 22.8 Å². The molecule has 10 aromatic rings. The number of hydrogen-bond donors (Lipinski definition) is 16. The van der Waals surface area contributed by atoms with Gasteiger partial charge in [0.25, 0.3) is 0 Å². The molecular weight excluding hydrogens is 1730 g/mol. The highest BCUT2D eigenvalue weighted by Gasteiger charge is 2.50. The van der Waals surface area contributed by atoms with Crippen molar-refractivity contribution in [1.82, 2.24) is 82.6 Å². The number of hydrogen-bond acceptors (Lipinski definition) is 34. The summed E-state index contributed by atoms with van der Waals surface area (Å²) in [6.07, 6.45) is 27.0. The molecule has 0 amide bonds. The Balaban J connectivity index is 0.000000153. The Morgan fingerprint density at radius 3 is 1.21 bits per heavy atom. The number of anilines is 6. The minimum absolute atomic E-state index is 0.136. The van der Waals surface area contributed by atoms with E-state index in [0.717, 1.165) is 61.5 Å². The maximum absolute atomic E-state index is 10.8. The number of nitrogens with two attached hydrogens (primary N) is 4. The summed E-state index contributed by atoms with van der Waals surface area (Å²) in [5, 5.41) is 111. The summed E-state index contributed by atoms with van der Waals surface area (Å²) < 4.78 is 38.2. The van der Waals surface area contributed by atoms with Gasteiger partial charge in [0.05, 0.1) is 66.6 Å². The van der Waals surface area contributed by atoms with E-state index in [9.17, 15) is 51.1 Å². The van der Waals surface area contributed by atoms with Crippen LogP contribution >= 0.6 is 46.2 Å². The first-order chi connectivity index (χ1) is 59.2. The molecule has 0 spiro atoms. The molecular formula is C82H132N23O15P5S. The van der Waals surface area contributed by atoms with Crippen molar-refractivity contribution >= 4 is 168 Å². The number of thioether (sulfide) groups is 1. The summed E-state index contributed by atoms with van der Waals surface area (Å²) >= 11 is 1.61. The number of aryl methyl sites for hydroxylation is 1. The molecule has 44 heteroatoms. The Hall–Kier alpha value is -6.99. The van der Waals surface area contributed by atoms with Crippen LogP contribution in [0.25, 0.3) is 55.8 Å². The van der Waals surface area contributed by atoms with Gasteiger partial charge in [0.15, 0.2) is 81.7 Å². The summed E-state index contributed by atoms with van der Waals surface area (Å²) in [7, 11) is 1.82. The number of rotatable bonds is 28. The second-order valence-electron chi connectivity index (χ2n) is 36.3. The lowest BCUT2D eigenvalue weighted by Crippen LogP contribution is -2.32. The van der Waals surface area contributed by atoms with Crippen molar-refractivity contribution in [3.8, 4) is 0 Å². The van der Waals surface area contributed by atoms with Gasteiger partial charge < -0.3 is 108 Å². The first-order valence-electron chi connectivity index (χ1n) is 42.2. The van der Waals surface area contributed by atoms with E-state index in [0.29, 0.717) is 123 Å². The second-order valence-corrected chi connectivity index (χ2v) is 58.9. The van der Waals surface area contributed by atoms with Gasteiger partial charge in [0, 0.05) is 37.9 Å². The van der Waals surface area contributed by atoms with E-state index in [-0.39, 0.29) is 11.8 Å². The molecule has 20 N–H and O–H groups in total. The number of ether oxygens (including phenoxy) is 5. The summed E-state index contributed by atoms with van der Waals surface area (Å²) in [4.78, 5) is 51.7. The van der Waals surface area contributed by atoms with Gasteiger partial charge in [-0.2, -0.15) is 0 Å². The Morgan fingerprint density at radius 2 is 0.786 bits per heavy atom. The number of aliphatic hydroxyl groups is 10. The molecule has 126 heavy (non-hydrogen) atoms. The molecule has 0 aliphatic carbocycles. The van der Waals surface area contributed by atoms with Crippen molar-refractivity contribution in [2.24, 2.45) is 0 Å². The van der Waals surface area contributed by atoms with Crippen LogP contribution in [0.15, 0.2) is 67.3 Å². The van der Waals surface area contributed by atoms with Crippen LogP contribution < -0.4 is 33.6 Å². The van der Waals surface area contributed by atoms with Gasteiger partial charge in [-0.1, -0.05) is 31.5 Å². The lowest BCUT2D eigenvalue weighted by atomic mass is 10.1. The van der Waals surface area contributed by atoms with E-state index in [1.807, 2.05) is 20.0 Å². The largest absolute Gasteiger partial charge is 0.397 e. The molecule has 0 radical (unpaired) electrons. The Labute approximate surface area is 739 Å². The van der Waals surface area contributed by atoms with Crippen molar-refractivity contribution < 1.29 is 74.7 Å². The van der Waals surface area contributed by atoms with Crippen LogP contribution in [0.1, 0.15) is 102 Å². The number of imidazole rings is 5. The monoisotopic (exact) mass is 1870 g/mol. The summed E-state index contributed by atoms with van der Waals surface area (Å²) in [6.45, 7) is 21.9. The van der Waals surface area contributed by atoms with Crippen LogP contribution in [0.4, 0.5) is 34.6 Å². The Bertz CT molecular complexity index is 5620. The number of unbranched alkanes of at least 4 members (excludes halogenated alkanes) is 2.